The number of unbranched alkanes of at least 4 members (excludes halogenated alkanes) is 3. The van der Waals surface area contributed by atoms with Crippen molar-refractivity contribution in [2.24, 2.45) is 0 Å². The summed E-state index contributed by atoms with van der Waals surface area (Å²) in [6, 6.07) is 42.3. The smallest absolute Gasteiger partial charge is 0.423 e. The zero-order valence-electron chi connectivity index (χ0n) is 50.3. The van der Waals surface area contributed by atoms with Crippen LogP contribution in [-0.2, 0) is 0 Å². The molecule has 0 bridgehead atoms. The Balaban J connectivity index is 0.000000158. The molecule has 458 valence electrons. The summed E-state index contributed by atoms with van der Waals surface area (Å²) in [7, 11) is -1.41. The summed E-state index contributed by atoms with van der Waals surface area (Å²) in [5.41, 5.74) is 30.4. The van der Waals surface area contributed by atoms with Crippen molar-refractivity contribution in [1.29, 1.82) is 0 Å². The number of nitrogen functional groups attached to an aromatic ring is 4. The van der Waals surface area contributed by atoms with Gasteiger partial charge in [-0.1, -0.05) is 60.1 Å². The second-order valence-electron chi connectivity index (χ2n) is 20.2. The van der Waals surface area contributed by atoms with Crippen LogP contribution in [-0.4, -0.2) is 105 Å². The van der Waals surface area contributed by atoms with E-state index in [2.05, 4.69) is 126 Å². The predicted octanol–water partition coefficient (Wildman–Crippen LogP) is 12.1. The Kier molecular flexibility index (Phi) is 27.7. The van der Waals surface area contributed by atoms with E-state index in [0.29, 0.717) is 55.6 Å². The monoisotopic (exact) mass is 1390 g/mol. The van der Waals surface area contributed by atoms with Crippen molar-refractivity contribution >= 4 is 107 Å². The van der Waals surface area contributed by atoms with Crippen molar-refractivity contribution in [2.45, 2.75) is 72.6 Å². The van der Waals surface area contributed by atoms with Crippen LogP contribution in [0.2, 0.25) is 18.5 Å². The molecule has 0 aliphatic carbocycles. The molecule has 12 aromatic rings. The van der Waals surface area contributed by atoms with Crippen molar-refractivity contribution in [1.82, 2.24) is 69.8 Å². The number of fused-ring (bicyclic) bond motifs is 2. The molecule has 0 saturated heterocycles. The Labute approximate surface area is 541 Å². The van der Waals surface area contributed by atoms with E-state index in [1.807, 2.05) is 97.2 Å². The van der Waals surface area contributed by atoms with E-state index in [4.69, 9.17) is 49.6 Å². The molecule has 0 aliphatic rings. The fourth-order valence-corrected chi connectivity index (χ4v) is 25.2. The summed E-state index contributed by atoms with van der Waals surface area (Å²) in [4.78, 5) is 58.4. The predicted molar refractivity (Wildman–Crippen MR) is 369 cm³/mol. The zero-order valence-corrected chi connectivity index (χ0v) is 55.5. The summed E-state index contributed by atoms with van der Waals surface area (Å²) in [6.07, 6.45) is 28.0. The number of hydrogen-bond acceptors (Lipinski definition) is 20. The third-order valence-corrected chi connectivity index (χ3v) is 29.5. The molecule has 10 heterocycles. The maximum Gasteiger partial charge on any atom is 0.488 e. The molecule has 0 fully saturated rings. The molecule has 24 heteroatoms. The van der Waals surface area contributed by atoms with E-state index in [-0.39, 0.29) is 0 Å². The van der Waals surface area contributed by atoms with Gasteiger partial charge in [0.15, 0.2) is 0 Å². The Hall–Kier alpha value is -9.07. The van der Waals surface area contributed by atoms with Gasteiger partial charge in [0.1, 0.15) is 50.1 Å². The fourth-order valence-electron chi connectivity index (χ4n) is 9.18. The van der Waals surface area contributed by atoms with Crippen molar-refractivity contribution in [3.63, 3.8) is 0 Å². The second kappa shape index (κ2) is 36.4. The molecule has 0 unspecified atom stereocenters. The van der Waals surface area contributed by atoms with E-state index in [1.54, 1.807) is 65.3 Å². The standard InChI is InChI=1S/C18H13N5.C9H8BNO2.C9H7BrN4.C9H8N4.C5H4N.C4H4ClN3.3C4H9.Sn/c19-16-11-22-17(18(23-16)15-5-1-2-8-21-15)13-6-7-14-12(10-13)4-3-9-20-14;12-10(13)8-3-4-9-7(6-8)2-1-5-11-9;10-9-8(14-7(11)5-13-9)6-3-1-2-4-12-6;10-9-6-11-5-8(13-9)7-3-1-2-4-12-7;1-2-4-6-5-3-1;5-3-1-7-2-4(6)8-3;3*1-3-4-2;/h1-11H,(H2,19,23);1-6,12-13H;1-5H,(H2,11,14);1-6H,(H2,10,13);1-4H;1-2H,(H2,6,8);3*1,3-4H2,2H3;. The molecule has 20 nitrogen and oxygen atoms in total. The normalized spacial score (nSPS) is 10.5. The van der Waals surface area contributed by atoms with Crippen LogP contribution in [0.3, 0.4) is 0 Å². The minimum atomic E-state index is -2.21. The summed E-state index contributed by atoms with van der Waals surface area (Å²) in [5, 5.41) is 20.1. The Morgan fingerprint density at radius 2 is 0.922 bits per heavy atom. The fraction of sp³-hybridized carbons (Fsp3) is 0.182. The molecule has 0 spiro atoms. The average Bonchev–Trinajstić information content (AvgIpc) is 1.17. The van der Waals surface area contributed by atoms with Crippen molar-refractivity contribution in [2.75, 3.05) is 22.9 Å². The van der Waals surface area contributed by atoms with Gasteiger partial charge in [0, 0.05) is 41.9 Å². The average molecular weight is 1390 g/mol. The van der Waals surface area contributed by atoms with Crippen molar-refractivity contribution in [3.05, 3.63) is 218 Å². The van der Waals surface area contributed by atoms with Gasteiger partial charge in [-0.15, -0.1) is 0 Å². The molecule has 0 saturated carbocycles. The van der Waals surface area contributed by atoms with Gasteiger partial charge >= 0.3 is 131 Å². The van der Waals surface area contributed by atoms with Crippen LogP contribution in [0, 0.1) is 0 Å². The summed E-state index contributed by atoms with van der Waals surface area (Å²) < 4.78 is 6.74. The molecule has 0 radical (unpaired) electrons. The van der Waals surface area contributed by atoms with Crippen LogP contribution in [0.15, 0.2) is 212 Å². The molecular weight excluding hydrogens is 1320 g/mol. The number of benzene rings is 2. The number of pyridine rings is 6. The number of nitrogens with two attached hydrogens (primary N) is 4. The number of nitrogens with zero attached hydrogens (tertiary/aromatic N) is 14. The number of halogens is 2. The maximum atomic E-state index is 8.92. The number of hydrogen-bond donors (Lipinski definition) is 6. The maximum absolute atomic E-state index is 8.92. The molecule has 90 heavy (non-hydrogen) atoms. The number of aromatic nitrogens is 14. The van der Waals surface area contributed by atoms with Gasteiger partial charge in [0.05, 0.1) is 71.0 Å². The van der Waals surface area contributed by atoms with Crippen LogP contribution < -0.4 is 32.1 Å². The van der Waals surface area contributed by atoms with Gasteiger partial charge in [-0.25, -0.2) is 24.9 Å². The van der Waals surface area contributed by atoms with Gasteiger partial charge in [0.2, 0.25) is 0 Å². The molecule has 2 aromatic carbocycles. The minimum Gasteiger partial charge on any atom is -0.423 e. The van der Waals surface area contributed by atoms with Crippen molar-refractivity contribution < 1.29 is 10.0 Å². The third-order valence-electron chi connectivity index (χ3n) is 13.6. The first-order chi connectivity index (χ1) is 43.8. The molecule has 10 aromatic heterocycles. The van der Waals surface area contributed by atoms with Crippen LogP contribution >= 0.6 is 27.5 Å². The largest absolute Gasteiger partial charge is 0.488 e. The molecule has 0 atom stereocenters. The van der Waals surface area contributed by atoms with Gasteiger partial charge < -0.3 is 33.0 Å². The Bertz CT molecular complexity index is 4050. The summed E-state index contributed by atoms with van der Waals surface area (Å²) >= 11 is 6.48. The van der Waals surface area contributed by atoms with E-state index < -0.39 is 25.5 Å². The van der Waals surface area contributed by atoms with E-state index in [0.717, 1.165) is 50.1 Å². The second-order valence-corrected chi connectivity index (χ2v) is 34.4. The van der Waals surface area contributed by atoms with Crippen LogP contribution in [0.25, 0.3) is 67.2 Å². The molecular formula is C66H71BBrClN18O2Sn. The minimum absolute atomic E-state index is 0.324. The van der Waals surface area contributed by atoms with Gasteiger partial charge in [-0.2, -0.15) is 0 Å². The number of rotatable bonds is 15. The first-order valence-electron chi connectivity index (χ1n) is 29.2. The molecule has 0 aliphatic heterocycles. The van der Waals surface area contributed by atoms with Crippen LogP contribution in [0.5, 0.6) is 0 Å². The first-order valence-corrected chi connectivity index (χ1v) is 37.9. The Morgan fingerprint density at radius 1 is 0.433 bits per heavy atom. The van der Waals surface area contributed by atoms with Crippen molar-refractivity contribution in [3.8, 4) is 45.4 Å². The third kappa shape index (κ3) is 21.3. The molecule has 0 amide bonds. The van der Waals surface area contributed by atoms with Gasteiger partial charge in [-0.3, -0.25) is 39.9 Å². The zero-order chi connectivity index (χ0) is 63.9. The van der Waals surface area contributed by atoms with Crippen LogP contribution in [0.4, 0.5) is 23.3 Å². The quantitative estimate of drug-likeness (QED) is 0.0519. The van der Waals surface area contributed by atoms with E-state index in [1.165, 1.54) is 76.6 Å². The van der Waals surface area contributed by atoms with Gasteiger partial charge in [0.25, 0.3) is 0 Å². The van der Waals surface area contributed by atoms with E-state index >= 15 is 0 Å². The molecule has 12 rings (SSSR count). The molecule has 10 N–H and O–H groups in total. The summed E-state index contributed by atoms with van der Waals surface area (Å²) in [6.45, 7) is 6.98. The summed E-state index contributed by atoms with van der Waals surface area (Å²) in [5.74, 6) is 1.51. The van der Waals surface area contributed by atoms with E-state index in [9.17, 15) is 0 Å². The SMILES string of the molecule is CCC[CH2][Sn]([CH2]CCC)([CH2]CCC)[c]1ccccn1.Nc1cnc(-c2ccc3ncccc3c2)c(-c2ccccn2)n1.Nc1cnc(Br)c(-c2ccccn2)n1.Nc1cncc(-c2ccccn2)n1.Nc1cncc(Cl)n1.OB(O)c1ccc2ncccc2c1. The van der Waals surface area contributed by atoms with Gasteiger partial charge in [-0.05, 0) is 93.5 Å². The Morgan fingerprint density at radius 3 is 1.43 bits per heavy atom. The number of anilines is 4. The topological polar surface area (TPSA) is 325 Å². The van der Waals surface area contributed by atoms with Crippen LogP contribution in [0.1, 0.15) is 59.3 Å². The first kappa shape index (κ1) is 68.4.